The van der Waals surface area contributed by atoms with Gasteiger partial charge in [-0.05, 0) is 29.5 Å². The van der Waals surface area contributed by atoms with Crippen molar-refractivity contribution >= 4 is 18.1 Å². The van der Waals surface area contributed by atoms with Crippen LogP contribution in [0.3, 0.4) is 0 Å². The number of carbonyl (C=O) groups is 1. The molecule has 1 amide bonds. The number of hydrazone groups is 1. The van der Waals surface area contributed by atoms with Gasteiger partial charge < -0.3 is 9.32 Å². The van der Waals surface area contributed by atoms with Crippen molar-refractivity contribution in [2.24, 2.45) is 16.4 Å². The molecular formula is C20H23F2N5O2. The lowest BCUT2D eigenvalue weighted by Crippen LogP contribution is -2.51. The number of piperidine rings is 1. The van der Waals surface area contributed by atoms with E-state index in [2.05, 4.69) is 15.3 Å². The van der Waals surface area contributed by atoms with Gasteiger partial charge in [-0.15, -0.1) is 5.10 Å². The Labute approximate surface area is 167 Å². The number of rotatable bonds is 3. The normalized spacial score (nSPS) is 23.6. The number of halogens is 2. The van der Waals surface area contributed by atoms with Crippen LogP contribution in [0.1, 0.15) is 44.2 Å². The van der Waals surface area contributed by atoms with Crippen molar-refractivity contribution in [2.75, 3.05) is 18.0 Å². The van der Waals surface area contributed by atoms with Gasteiger partial charge in [-0.3, -0.25) is 4.79 Å². The van der Waals surface area contributed by atoms with Crippen molar-refractivity contribution < 1.29 is 18.0 Å². The summed E-state index contributed by atoms with van der Waals surface area (Å²) >= 11 is 0. The number of anilines is 1. The second-order valence-electron chi connectivity index (χ2n) is 8.29. The van der Waals surface area contributed by atoms with E-state index in [0.717, 1.165) is 6.07 Å². The summed E-state index contributed by atoms with van der Waals surface area (Å²) in [5.41, 5.74) is 0.0259. The van der Waals surface area contributed by atoms with Crippen molar-refractivity contribution in [1.82, 2.24) is 15.2 Å². The zero-order chi connectivity index (χ0) is 20.8. The first-order valence-corrected chi connectivity index (χ1v) is 9.61. The maximum atomic E-state index is 13.7. The predicted molar refractivity (Wildman–Crippen MR) is 102 cm³/mol. The fraction of sp³-hybridized carbons (Fsp3) is 0.500. The highest BCUT2D eigenvalue weighted by Gasteiger charge is 2.45. The summed E-state index contributed by atoms with van der Waals surface area (Å²) in [4.78, 5) is 15.4. The minimum Gasteiger partial charge on any atom is -0.408 e. The lowest BCUT2D eigenvalue weighted by Gasteiger charge is -2.43. The summed E-state index contributed by atoms with van der Waals surface area (Å²) in [6.07, 6.45) is 2.63. The van der Waals surface area contributed by atoms with Crippen molar-refractivity contribution in [3.8, 4) is 0 Å². The first kappa shape index (κ1) is 19.5. The molecule has 1 saturated heterocycles. The second kappa shape index (κ2) is 7.20. The standard InChI is InChI=1S/C20H23F2N5O2/c1-12-24-25-19(29-12)26-7-5-16(20(2,3)11-26)18(28)27-17(4-6-23-27)13-8-14(21)10-15(22)9-13/h6,8-10,16-17H,4-5,7,11H2,1-3H3/t16?,17-/m1/s1. The third-order valence-electron chi connectivity index (χ3n) is 5.64. The number of benzene rings is 1. The molecule has 2 aromatic rings. The Balaban J connectivity index is 1.53. The van der Waals surface area contributed by atoms with Gasteiger partial charge in [0.05, 0.1) is 6.04 Å². The molecule has 1 unspecified atom stereocenters. The predicted octanol–water partition coefficient (Wildman–Crippen LogP) is 3.47. The number of aromatic nitrogens is 2. The summed E-state index contributed by atoms with van der Waals surface area (Å²) < 4.78 is 32.9. The number of carbonyl (C=O) groups excluding carboxylic acids is 1. The quantitative estimate of drug-likeness (QED) is 0.785. The van der Waals surface area contributed by atoms with E-state index in [-0.39, 0.29) is 17.2 Å². The van der Waals surface area contributed by atoms with E-state index in [4.69, 9.17) is 4.42 Å². The molecule has 0 radical (unpaired) electrons. The van der Waals surface area contributed by atoms with Gasteiger partial charge in [0, 0.05) is 44.6 Å². The minimum atomic E-state index is -0.664. The lowest BCUT2D eigenvalue weighted by atomic mass is 9.73. The third-order valence-corrected chi connectivity index (χ3v) is 5.64. The van der Waals surface area contributed by atoms with Crippen LogP contribution in [0.2, 0.25) is 0 Å². The highest BCUT2D eigenvalue weighted by molar-refractivity contribution is 5.83. The Kier molecular flexibility index (Phi) is 4.84. The minimum absolute atomic E-state index is 0.139. The van der Waals surface area contributed by atoms with Gasteiger partial charge in [0.25, 0.3) is 0 Å². The maximum absolute atomic E-state index is 13.7. The molecule has 0 bridgehead atoms. The van der Waals surface area contributed by atoms with E-state index >= 15 is 0 Å². The molecule has 1 aromatic heterocycles. The van der Waals surface area contributed by atoms with Crippen LogP contribution in [-0.4, -0.2) is 40.4 Å². The fourth-order valence-corrected chi connectivity index (χ4v) is 4.22. The molecule has 7 nitrogen and oxygen atoms in total. The largest absolute Gasteiger partial charge is 0.408 e. The average Bonchev–Trinajstić information content (AvgIpc) is 3.28. The highest BCUT2D eigenvalue weighted by atomic mass is 19.1. The zero-order valence-corrected chi connectivity index (χ0v) is 16.6. The number of amides is 1. The van der Waals surface area contributed by atoms with Crippen LogP contribution in [0.5, 0.6) is 0 Å². The second-order valence-corrected chi connectivity index (χ2v) is 8.29. The maximum Gasteiger partial charge on any atom is 0.318 e. The topological polar surface area (TPSA) is 74.8 Å². The van der Waals surface area contributed by atoms with E-state index in [1.54, 1.807) is 13.1 Å². The average molecular weight is 403 g/mol. The molecule has 2 aliphatic heterocycles. The Bertz CT molecular complexity index is 938. The molecule has 29 heavy (non-hydrogen) atoms. The SMILES string of the molecule is Cc1nnc(N2CCC(C(=O)N3N=CC[C@@H]3c3cc(F)cc(F)c3)C(C)(C)C2)o1. The van der Waals surface area contributed by atoms with E-state index in [9.17, 15) is 13.6 Å². The van der Waals surface area contributed by atoms with E-state index in [1.807, 2.05) is 18.7 Å². The van der Waals surface area contributed by atoms with Crippen LogP contribution in [0.4, 0.5) is 14.8 Å². The van der Waals surface area contributed by atoms with Crippen LogP contribution in [-0.2, 0) is 4.79 Å². The summed E-state index contributed by atoms with van der Waals surface area (Å²) in [6, 6.07) is 3.29. The first-order valence-electron chi connectivity index (χ1n) is 9.61. The molecule has 2 aliphatic rings. The highest BCUT2D eigenvalue weighted by Crippen LogP contribution is 2.40. The van der Waals surface area contributed by atoms with Gasteiger partial charge >= 0.3 is 6.01 Å². The number of hydrogen-bond acceptors (Lipinski definition) is 6. The number of aryl methyl sites for hydroxylation is 1. The first-order chi connectivity index (χ1) is 13.7. The molecule has 0 saturated carbocycles. The summed E-state index contributed by atoms with van der Waals surface area (Å²) in [5, 5.41) is 13.6. The van der Waals surface area contributed by atoms with Crippen molar-refractivity contribution in [3.63, 3.8) is 0 Å². The lowest BCUT2D eigenvalue weighted by molar-refractivity contribution is -0.142. The molecule has 0 N–H and O–H groups in total. The Morgan fingerprint density at radius 2 is 1.93 bits per heavy atom. The van der Waals surface area contributed by atoms with Gasteiger partial charge in [0.2, 0.25) is 11.8 Å². The van der Waals surface area contributed by atoms with Crippen molar-refractivity contribution in [3.05, 3.63) is 41.3 Å². The molecule has 4 rings (SSSR count). The van der Waals surface area contributed by atoms with E-state index in [0.29, 0.717) is 43.4 Å². The van der Waals surface area contributed by atoms with Crippen molar-refractivity contribution in [1.29, 1.82) is 0 Å². The number of hydrogen-bond donors (Lipinski definition) is 0. The summed E-state index contributed by atoms with van der Waals surface area (Å²) in [6.45, 7) is 6.93. The smallest absolute Gasteiger partial charge is 0.318 e. The summed E-state index contributed by atoms with van der Waals surface area (Å²) in [5.74, 6) is -1.27. The van der Waals surface area contributed by atoms with Gasteiger partial charge in [0.1, 0.15) is 11.6 Å². The number of nitrogens with zero attached hydrogens (tertiary/aromatic N) is 5. The van der Waals surface area contributed by atoms with Crippen LogP contribution >= 0.6 is 0 Å². The van der Waals surface area contributed by atoms with Crippen LogP contribution in [0, 0.1) is 29.9 Å². The Morgan fingerprint density at radius 3 is 2.55 bits per heavy atom. The molecule has 2 atom stereocenters. The Hall–Kier alpha value is -2.84. The molecular weight excluding hydrogens is 380 g/mol. The zero-order valence-electron chi connectivity index (χ0n) is 16.6. The monoisotopic (exact) mass is 403 g/mol. The van der Waals surface area contributed by atoms with Gasteiger partial charge in [-0.25, -0.2) is 13.8 Å². The van der Waals surface area contributed by atoms with Crippen LogP contribution in [0.15, 0.2) is 27.7 Å². The van der Waals surface area contributed by atoms with Crippen molar-refractivity contribution in [2.45, 2.75) is 39.7 Å². The van der Waals surface area contributed by atoms with Crippen LogP contribution in [0.25, 0.3) is 0 Å². The molecule has 1 fully saturated rings. The van der Waals surface area contributed by atoms with E-state index in [1.165, 1.54) is 17.1 Å². The molecule has 3 heterocycles. The van der Waals surface area contributed by atoms with Crippen LogP contribution < -0.4 is 4.90 Å². The van der Waals surface area contributed by atoms with E-state index < -0.39 is 17.7 Å². The third kappa shape index (κ3) is 3.73. The molecule has 9 heteroatoms. The molecule has 154 valence electrons. The van der Waals surface area contributed by atoms with Gasteiger partial charge in [-0.1, -0.05) is 18.9 Å². The van der Waals surface area contributed by atoms with Gasteiger partial charge in [0.15, 0.2) is 0 Å². The van der Waals surface area contributed by atoms with Gasteiger partial charge in [-0.2, -0.15) is 5.10 Å². The fourth-order valence-electron chi connectivity index (χ4n) is 4.22. The molecule has 1 aromatic carbocycles. The molecule has 0 aliphatic carbocycles. The molecule has 0 spiro atoms. The Morgan fingerprint density at radius 1 is 1.21 bits per heavy atom. The summed E-state index contributed by atoms with van der Waals surface area (Å²) in [7, 11) is 0.